The maximum absolute atomic E-state index is 11.9. The lowest BCUT2D eigenvalue weighted by atomic mass is 9.66. The first-order chi connectivity index (χ1) is 9.24. The normalized spacial score (nSPS) is 22.8. The number of carbonyl (C=O) groups excluding carboxylic acids is 1. The van der Waals surface area contributed by atoms with E-state index in [9.17, 15) is 4.79 Å². The summed E-state index contributed by atoms with van der Waals surface area (Å²) in [5.41, 5.74) is 5.89. The fourth-order valence-electron chi connectivity index (χ4n) is 2.89. The highest BCUT2D eigenvalue weighted by atomic mass is 16.5. The summed E-state index contributed by atoms with van der Waals surface area (Å²) < 4.78 is 5.31. The third-order valence-electron chi connectivity index (χ3n) is 4.46. The van der Waals surface area contributed by atoms with Gasteiger partial charge in [0.15, 0.2) is 0 Å². The second-order valence-corrected chi connectivity index (χ2v) is 5.89. The van der Waals surface area contributed by atoms with Gasteiger partial charge in [-0.15, -0.1) is 0 Å². The van der Waals surface area contributed by atoms with E-state index in [1.807, 2.05) is 0 Å². The van der Waals surface area contributed by atoms with Crippen molar-refractivity contribution in [1.29, 1.82) is 0 Å². The lowest BCUT2D eigenvalue weighted by Gasteiger charge is -2.40. The Kier molecular flexibility index (Phi) is 5.60. The van der Waals surface area contributed by atoms with E-state index in [4.69, 9.17) is 10.5 Å². The van der Waals surface area contributed by atoms with E-state index >= 15 is 0 Å². The molecule has 2 rings (SSSR count). The van der Waals surface area contributed by atoms with E-state index in [0.717, 1.165) is 58.7 Å². The molecule has 1 amide bonds. The molecule has 0 spiro atoms. The predicted molar refractivity (Wildman–Crippen MR) is 74.8 cm³/mol. The Morgan fingerprint density at radius 2 is 2.05 bits per heavy atom. The average Bonchev–Trinajstić information content (AvgIpc) is 2.40. The summed E-state index contributed by atoms with van der Waals surface area (Å²) in [5, 5.41) is 3.03. The van der Waals surface area contributed by atoms with E-state index in [2.05, 4.69) is 10.2 Å². The molecule has 1 saturated carbocycles. The third-order valence-corrected chi connectivity index (χ3v) is 4.46. The van der Waals surface area contributed by atoms with Gasteiger partial charge in [0.25, 0.3) is 0 Å². The Morgan fingerprint density at radius 1 is 1.32 bits per heavy atom. The molecule has 0 radical (unpaired) electrons. The van der Waals surface area contributed by atoms with Crippen LogP contribution in [0.25, 0.3) is 0 Å². The van der Waals surface area contributed by atoms with Crippen LogP contribution in [0.3, 0.4) is 0 Å². The van der Waals surface area contributed by atoms with Crippen molar-refractivity contribution in [3.63, 3.8) is 0 Å². The zero-order valence-electron chi connectivity index (χ0n) is 11.8. The van der Waals surface area contributed by atoms with Gasteiger partial charge in [0.2, 0.25) is 5.91 Å². The van der Waals surface area contributed by atoms with Crippen LogP contribution < -0.4 is 11.1 Å². The van der Waals surface area contributed by atoms with Crippen LogP contribution in [0.15, 0.2) is 0 Å². The molecule has 1 saturated heterocycles. The van der Waals surface area contributed by atoms with E-state index in [0.29, 0.717) is 13.0 Å². The molecular weight excluding hydrogens is 242 g/mol. The van der Waals surface area contributed by atoms with Crippen LogP contribution in [0.5, 0.6) is 0 Å². The number of nitrogens with one attached hydrogen (secondary N) is 1. The molecule has 3 N–H and O–H groups in total. The van der Waals surface area contributed by atoms with Crippen LogP contribution in [0.4, 0.5) is 0 Å². The highest BCUT2D eigenvalue weighted by Crippen LogP contribution is 2.42. The lowest BCUT2D eigenvalue weighted by molar-refractivity contribution is -0.124. The number of nitrogens with two attached hydrogens (primary N) is 1. The maximum Gasteiger partial charge on any atom is 0.220 e. The van der Waals surface area contributed by atoms with E-state index in [1.165, 1.54) is 6.42 Å². The first-order valence-electron chi connectivity index (χ1n) is 7.51. The minimum Gasteiger partial charge on any atom is -0.379 e. The summed E-state index contributed by atoms with van der Waals surface area (Å²) >= 11 is 0. The van der Waals surface area contributed by atoms with Gasteiger partial charge in [0, 0.05) is 26.1 Å². The molecule has 1 aliphatic carbocycles. The van der Waals surface area contributed by atoms with Gasteiger partial charge in [-0.05, 0) is 37.8 Å². The van der Waals surface area contributed by atoms with Gasteiger partial charge in [-0.2, -0.15) is 0 Å². The van der Waals surface area contributed by atoms with Gasteiger partial charge in [0.05, 0.1) is 13.2 Å². The summed E-state index contributed by atoms with van der Waals surface area (Å²) in [6.07, 6.45) is 5.08. The topological polar surface area (TPSA) is 67.6 Å². The third kappa shape index (κ3) is 4.44. The monoisotopic (exact) mass is 269 g/mol. The Balaban J connectivity index is 1.53. The summed E-state index contributed by atoms with van der Waals surface area (Å²) in [6.45, 7) is 6.18. The Labute approximate surface area is 115 Å². The van der Waals surface area contributed by atoms with Crippen molar-refractivity contribution in [2.75, 3.05) is 45.9 Å². The molecule has 0 aromatic carbocycles. The van der Waals surface area contributed by atoms with Gasteiger partial charge in [0.1, 0.15) is 0 Å². The van der Waals surface area contributed by atoms with Gasteiger partial charge in [-0.25, -0.2) is 0 Å². The Hall–Kier alpha value is -0.650. The summed E-state index contributed by atoms with van der Waals surface area (Å²) in [7, 11) is 0. The first-order valence-corrected chi connectivity index (χ1v) is 7.51. The summed E-state index contributed by atoms with van der Waals surface area (Å²) in [6, 6.07) is 0. The van der Waals surface area contributed by atoms with Crippen molar-refractivity contribution in [3.05, 3.63) is 0 Å². The Bertz CT molecular complexity index is 281. The molecule has 0 aromatic rings. The number of rotatable bonds is 7. The molecule has 2 aliphatic rings. The van der Waals surface area contributed by atoms with Gasteiger partial charge in [-0.3, -0.25) is 9.69 Å². The van der Waals surface area contributed by atoms with Crippen LogP contribution in [0.2, 0.25) is 0 Å². The predicted octanol–water partition coefficient (Wildman–Crippen LogP) is 0.344. The SMILES string of the molecule is NCC1(CC(=O)NCCCN2CCOCC2)CCC1. The second-order valence-electron chi connectivity index (χ2n) is 5.89. The van der Waals surface area contributed by atoms with Gasteiger partial charge < -0.3 is 15.8 Å². The molecule has 2 fully saturated rings. The number of hydrogen-bond donors (Lipinski definition) is 2. The van der Waals surface area contributed by atoms with E-state index in [-0.39, 0.29) is 11.3 Å². The van der Waals surface area contributed by atoms with Crippen LogP contribution in [-0.4, -0.2) is 56.7 Å². The van der Waals surface area contributed by atoms with Crippen molar-refractivity contribution < 1.29 is 9.53 Å². The maximum atomic E-state index is 11.9. The second kappa shape index (κ2) is 7.22. The number of morpholine rings is 1. The first kappa shape index (κ1) is 14.8. The average molecular weight is 269 g/mol. The molecule has 0 bridgehead atoms. The zero-order chi connectivity index (χ0) is 13.6. The number of amides is 1. The molecule has 5 heteroatoms. The minimum atomic E-state index is 0.119. The van der Waals surface area contributed by atoms with Crippen LogP contribution in [0.1, 0.15) is 32.1 Å². The van der Waals surface area contributed by atoms with Crippen LogP contribution in [0, 0.1) is 5.41 Å². The van der Waals surface area contributed by atoms with Crippen molar-refractivity contribution in [3.8, 4) is 0 Å². The molecule has 0 atom stereocenters. The van der Waals surface area contributed by atoms with Crippen LogP contribution in [-0.2, 0) is 9.53 Å². The molecule has 1 heterocycles. The summed E-state index contributed by atoms with van der Waals surface area (Å²) in [4.78, 5) is 14.3. The molecule has 110 valence electrons. The largest absolute Gasteiger partial charge is 0.379 e. The number of ether oxygens (including phenoxy) is 1. The van der Waals surface area contributed by atoms with Crippen molar-refractivity contribution >= 4 is 5.91 Å². The van der Waals surface area contributed by atoms with Gasteiger partial charge >= 0.3 is 0 Å². The number of carbonyl (C=O) groups is 1. The summed E-state index contributed by atoms with van der Waals surface area (Å²) in [5.74, 6) is 0.173. The van der Waals surface area contributed by atoms with Crippen LogP contribution >= 0.6 is 0 Å². The highest BCUT2D eigenvalue weighted by molar-refractivity contribution is 5.76. The smallest absolute Gasteiger partial charge is 0.220 e. The van der Waals surface area contributed by atoms with Crippen molar-refractivity contribution in [1.82, 2.24) is 10.2 Å². The number of hydrogen-bond acceptors (Lipinski definition) is 4. The zero-order valence-corrected chi connectivity index (χ0v) is 11.8. The fourth-order valence-corrected chi connectivity index (χ4v) is 2.89. The highest BCUT2D eigenvalue weighted by Gasteiger charge is 2.37. The quantitative estimate of drug-likeness (QED) is 0.654. The molecule has 1 aliphatic heterocycles. The van der Waals surface area contributed by atoms with E-state index < -0.39 is 0 Å². The molecule has 0 unspecified atom stereocenters. The molecule has 5 nitrogen and oxygen atoms in total. The lowest BCUT2D eigenvalue weighted by Crippen LogP contribution is -2.42. The number of nitrogens with zero attached hydrogens (tertiary/aromatic N) is 1. The standard InChI is InChI=1S/C14H27N3O2/c15-12-14(3-1-4-14)11-13(18)16-5-2-6-17-7-9-19-10-8-17/h1-12,15H2,(H,16,18). The van der Waals surface area contributed by atoms with Crippen molar-refractivity contribution in [2.24, 2.45) is 11.1 Å². The van der Waals surface area contributed by atoms with E-state index in [1.54, 1.807) is 0 Å². The van der Waals surface area contributed by atoms with Crippen molar-refractivity contribution in [2.45, 2.75) is 32.1 Å². The Morgan fingerprint density at radius 3 is 2.63 bits per heavy atom. The minimum absolute atomic E-state index is 0.119. The molecular formula is C14H27N3O2. The fraction of sp³-hybridized carbons (Fsp3) is 0.929. The van der Waals surface area contributed by atoms with Gasteiger partial charge in [-0.1, -0.05) is 6.42 Å². The molecule has 0 aromatic heterocycles. The molecule has 19 heavy (non-hydrogen) atoms.